The molecule has 0 aliphatic carbocycles. The van der Waals surface area contributed by atoms with E-state index in [4.69, 9.17) is 5.73 Å². The Hall–Kier alpha value is -1.62. The molecule has 2 aromatic rings. The van der Waals surface area contributed by atoms with Gasteiger partial charge in [0.15, 0.2) is 0 Å². The summed E-state index contributed by atoms with van der Waals surface area (Å²) in [6, 6.07) is 9.46. The molecule has 1 aromatic heterocycles. The lowest BCUT2D eigenvalue weighted by molar-refractivity contribution is 0.925. The Bertz CT molecular complexity index is 473. The van der Waals surface area contributed by atoms with Gasteiger partial charge in [0.25, 0.3) is 0 Å². The normalized spacial score (nSPS) is 10.1. The van der Waals surface area contributed by atoms with Crippen LogP contribution in [-0.4, -0.2) is 10.2 Å². The molecule has 0 atom stereocenters. The summed E-state index contributed by atoms with van der Waals surface area (Å²) in [5.74, 6) is 0. The van der Waals surface area contributed by atoms with Crippen LogP contribution < -0.4 is 11.1 Å². The van der Waals surface area contributed by atoms with Crippen molar-refractivity contribution in [3.8, 4) is 0 Å². The largest absolute Gasteiger partial charge is 0.397 e. The summed E-state index contributed by atoms with van der Waals surface area (Å²) in [5.41, 5.74) is 8.31. The monoisotopic (exact) mass is 278 g/mol. The summed E-state index contributed by atoms with van der Waals surface area (Å²) in [7, 11) is 0. The molecule has 82 valence electrons. The van der Waals surface area contributed by atoms with Crippen LogP contribution in [0, 0.1) is 0 Å². The van der Waals surface area contributed by atoms with Gasteiger partial charge in [-0.05, 0) is 30.3 Å². The van der Waals surface area contributed by atoms with Gasteiger partial charge in [0.2, 0.25) is 0 Å². The zero-order valence-corrected chi connectivity index (χ0v) is 10.1. The smallest absolute Gasteiger partial charge is 0.0821 e. The van der Waals surface area contributed by atoms with Crippen LogP contribution in [0.15, 0.2) is 41.0 Å². The number of hydrogen-bond acceptors (Lipinski definition) is 4. The number of halogens is 1. The van der Waals surface area contributed by atoms with Crippen molar-refractivity contribution in [2.24, 2.45) is 0 Å². The average Bonchev–Trinajstić information content (AvgIpc) is 2.32. The minimum Gasteiger partial charge on any atom is -0.397 e. The summed E-state index contributed by atoms with van der Waals surface area (Å²) in [6.45, 7) is 0.606. The van der Waals surface area contributed by atoms with E-state index >= 15 is 0 Å². The van der Waals surface area contributed by atoms with Gasteiger partial charge in [-0.15, -0.1) is 0 Å². The van der Waals surface area contributed by atoms with E-state index in [-0.39, 0.29) is 0 Å². The average molecular weight is 279 g/mol. The third kappa shape index (κ3) is 2.70. The van der Waals surface area contributed by atoms with Crippen molar-refractivity contribution in [1.29, 1.82) is 0 Å². The Labute approximate surface area is 102 Å². The molecule has 16 heavy (non-hydrogen) atoms. The number of rotatable bonds is 3. The van der Waals surface area contributed by atoms with Gasteiger partial charge in [0, 0.05) is 10.7 Å². The van der Waals surface area contributed by atoms with Crippen molar-refractivity contribution >= 4 is 27.3 Å². The molecule has 5 heteroatoms. The van der Waals surface area contributed by atoms with Crippen molar-refractivity contribution in [2.75, 3.05) is 11.1 Å². The first-order valence-corrected chi connectivity index (χ1v) is 5.60. The molecule has 3 N–H and O–H groups in total. The highest BCUT2D eigenvalue weighted by Gasteiger charge is 2.00. The van der Waals surface area contributed by atoms with Crippen LogP contribution in [0.4, 0.5) is 11.4 Å². The van der Waals surface area contributed by atoms with Crippen LogP contribution in [0.3, 0.4) is 0 Å². The van der Waals surface area contributed by atoms with Crippen molar-refractivity contribution in [3.63, 3.8) is 0 Å². The first-order chi connectivity index (χ1) is 7.75. The van der Waals surface area contributed by atoms with Crippen LogP contribution >= 0.6 is 15.9 Å². The second-order valence-electron chi connectivity index (χ2n) is 3.30. The van der Waals surface area contributed by atoms with Gasteiger partial charge in [-0.2, -0.15) is 10.2 Å². The summed E-state index contributed by atoms with van der Waals surface area (Å²) < 4.78 is 0.989. The van der Waals surface area contributed by atoms with Crippen molar-refractivity contribution in [2.45, 2.75) is 6.54 Å². The Kier molecular flexibility index (Phi) is 3.36. The zero-order valence-electron chi connectivity index (χ0n) is 8.52. The molecule has 0 unspecified atom stereocenters. The van der Waals surface area contributed by atoms with E-state index in [0.717, 1.165) is 15.9 Å². The standard InChI is InChI=1S/C11H11BrN4/c12-8-3-4-10(13)11(6-8)14-7-9-2-1-5-15-16-9/h1-6,14H,7,13H2. The molecular weight excluding hydrogens is 268 g/mol. The molecule has 1 heterocycles. The third-order valence-corrected chi connectivity index (χ3v) is 2.60. The first-order valence-electron chi connectivity index (χ1n) is 4.81. The fraction of sp³-hybridized carbons (Fsp3) is 0.0909. The van der Waals surface area contributed by atoms with Crippen LogP contribution in [0.1, 0.15) is 5.69 Å². The highest BCUT2D eigenvalue weighted by atomic mass is 79.9. The summed E-state index contributed by atoms with van der Waals surface area (Å²) in [4.78, 5) is 0. The molecule has 0 fully saturated rings. The molecule has 1 aromatic carbocycles. The van der Waals surface area contributed by atoms with E-state index in [1.807, 2.05) is 30.3 Å². The van der Waals surface area contributed by atoms with E-state index in [1.165, 1.54) is 0 Å². The molecule has 0 bridgehead atoms. The Morgan fingerprint density at radius 2 is 2.19 bits per heavy atom. The highest BCUT2D eigenvalue weighted by molar-refractivity contribution is 9.10. The van der Waals surface area contributed by atoms with Crippen LogP contribution in [0.25, 0.3) is 0 Å². The Morgan fingerprint density at radius 1 is 1.31 bits per heavy atom. The lowest BCUT2D eigenvalue weighted by Gasteiger charge is -2.08. The van der Waals surface area contributed by atoms with Crippen molar-refractivity contribution in [1.82, 2.24) is 10.2 Å². The molecule has 0 spiro atoms. The fourth-order valence-corrected chi connectivity index (χ4v) is 1.66. The lowest BCUT2D eigenvalue weighted by atomic mass is 10.2. The van der Waals surface area contributed by atoms with Gasteiger partial charge in [-0.3, -0.25) is 0 Å². The first kappa shape index (κ1) is 10.9. The second kappa shape index (κ2) is 4.94. The van der Waals surface area contributed by atoms with Crippen LogP contribution in [-0.2, 0) is 6.54 Å². The predicted octanol–water partition coefficient (Wildman–Crippen LogP) is 2.43. The minimum absolute atomic E-state index is 0.606. The number of hydrogen-bond donors (Lipinski definition) is 2. The third-order valence-electron chi connectivity index (χ3n) is 2.10. The van der Waals surface area contributed by atoms with Crippen molar-refractivity contribution in [3.05, 3.63) is 46.7 Å². The van der Waals surface area contributed by atoms with Gasteiger partial charge in [-0.1, -0.05) is 15.9 Å². The SMILES string of the molecule is Nc1ccc(Br)cc1NCc1cccnn1. The molecule has 0 saturated carbocycles. The van der Waals surface area contributed by atoms with E-state index in [0.29, 0.717) is 12.2 Å². The van der Waals surface area contributed by atoms with Gasteiger partial charge >= 0.3 is 0 Å². The molecule has 0 aliphatic heterocycles. The van der Waals surface area contributed by atoms with E-state index in [9.17, 15) is 0 Å². The number of nitrogens with zero attached hydrogens (tertiary/aromatic N) is 2. The molecule has 0 amide bonds. The molecule has 4 nitrogen and oxygen atoms in total. The molecule has 2 rings (SSSR count). The van der Waals surface area contributed by atoms with Crippen LogP contribution in [0.2, 0.25) is 0 Å². The maximum atomic E-state index is 5.83. The molecule has 0 aliphatic rings. The summed E-state index contributed by atoms with van der Waals surface area (Å²) in [6.07, 6.45) is 1.65. The number of nitrogen functional groups attached to an aromatic ring is 1. The topological polar surface area (TPSA) is 63.8 Å². The van der Waals surface area contributed by atoms with Crippen LogP contribution in [0.5, 0.6) is 0 Å². The van der Waals surface area contributed by atoms with Gasteiger partial charge < -0.3 is 11.1 Å². The quantitative estimate of drug-likeness (QED) is 0.847. The Balaban J connectivity index is 2.08. The fourth-order valence-electron chi connectivity index (χ4n) is 1.30. The number of nitrogens with one attached hydrogen (secondary N) is 1. The zero-order chi connectivity index (χ0) is 11.4. The minimum atomic E-state index is 0.606. The summed E-state index contributed by atoms with van der Waals surface area (Å²) >= 11 is 3.40. The van der Waals surface area contributed by atoms with E-state index in [2.05, 4.69) is 31.4 Å². The predicted molar refractivity (Wildman–Crippen MR) is 67.9 cm³/mol. The van der Waals surface area contributed by atoms with Gasteiger partial charge in [0.05, 0.1) is 23.6 Å². The maximum Gasteiger partial charge on any atom is 0.0821 e. The van der Waals surface area contributed by atoms with E-state index in [1.54, 1.807) is 6.20 Å². The second-order valence-corrected chi connectivity index (χ2v) is 4.22. The number of benzene rings is 1. The van der Waals surface area contributed by atoms with Gasteiger partial charge in [0.1, 0.15) is 0 Å². The van der Waals surface area contributed by atoms with E-state index < -0.39 is 0 Å². The summed E-state index contributed by atoms with van der Waals surface area (Å²) in [5, 5.41) is 11.0. The molecule has 0 saturated heterocycles. The van der Waals surface area contributed by atoms with Crippen molar-refractivity contribution < 1.29 is 0 Å². The highest BCUT2D eigenvalue weighted by Crippen LogP contribution is 2.23. The molecule has 0 radical (unpaired) electrons. The number of anilines is 2. The van der Waals surface area contributed by atoms with Gasteiger partial charge in [-0.25, -0.2) is 0 Å². The lowest BCUT2D eigenvalue weighted by Crippen LogP contribution is -2.04. The number of nitrogens with two attached hydrogens (primary N) is 1. The number of aromatic nitrogens is 2. The molecular formula is C11H11BrN4. The Morgan fingerprint density at radius 3 is 2.94 bits per heavy atom. The maximum absolute atomic E-state index is 5.83.